The number of hydrogen-bond donors (Lipinski definition) is 1. The molecule has 1 aliphatic rings. The predicted molar refractivity (Wildman–Crippen MR) is 72.4 cm³/mol. The van der Waals surface area contributed by atoms with E-state index < -0.39 is 11.9 Å². The summed E-state index contributed by atoms with van der Waals surface area (Å²) in [6.45, 7) is 1.83. The van der Waals surface area contributed by atoms with Crippen molar-refractivity contribution in [2.24, 2.45) is 5.73 Å². The Hall–Kier alpha value is -2.04. The number of primary amides is 1. The molecule has 0 aliphatic carbocycles. The fourth-order valence-corrected chi connectivity index (χ4v) is 2.37. The molecule has 102 valence electrons. The third-order valence-corrected chi connectivity index (χ3v) is 3.38. The molecule has 2 rings (SSSR count). The first-order chi connectivity index (χ1) is 9.13. The first-order valence-electron chi connectivity index (χ1n) is 6.40. The highest BCUT2D eigenvalue weighted by molar-refractivity contribution is 6.00. The van der Waals surface area contributed by atoms with Crippen molar-refractivity contribution in [3.8, 4) is 0 Å². The zero-order valence-corrected chi connectivity index (χ0v) is 11.0. The van der Waals surface area contributed by atoms with Gasteiger partial charge in [0.2, 0.25) is 5.91 Å². The molecule has 1 fully saturated rings. The molecule has 5 nitrogen and oxygen atoms in total. The molecular weight excluding hydrogens is 244 g/mol. The van der Waals surface area contributed by atoms with Crippen LogP contribution in [0.15, 0.2) is 18.2 Å². The fraction of sp³-hybridized carbons (Fsp3) is 0.429. The van der Waals surface area contributed by atoms with E-state index in [-0.39, 0.29) is 0 Å². The second kappa shape index (κ2) is 5.73. The van der Waals surface area contributed by atoms with E-state index in [0.29, 0.717) is 11.1 Å². The molecule has 0 unspecified atom stereocenters. The summed E-state index contributed by atoms with van der Waals surface area (Å²) in [5, 5.41) is 0. The number of piperidine rings is 1. The van der Waals surface area contributed by atoms with Crippen LogP contribution in [0.4, 0.5) is 5.69 Å². The Labute approximate surface area is 112 Å². The number of carbonyl (C=O) groups excluding carboxylic acids is 2. The van der Waals surface area contributed by atoms with Gasteiger partial charge in [-0.15, -0.1) is 0 Å². The van der Waals surface area contributed by atoms with Gasteiger partial charge in [0.05, 0.1) is 18.4 Å². The van der Waals surface area contributed by atoms with Crippen LogP contribution in [0.2, 0.25) is 0 Å². The second-order valence-corrected chi connectivity index (χ2v) is 4.64. The minimum atomic E-state index is -0.546. The number of benzene rings is 1. The van der Waals surface area contributed by atoms with Gasteiger partial charge in [0.1, 0.15) is 0 Å². The van der Waals surface area contributed by atoms with Crippen molar-refractivity contribution in [2.75, 3.05) is 25.1 Å². The van der Waals surface area contributed by atoms with E-state index in [2.05, 4.69) is 4.90 Å². The van der Waals surface area contributed by atoms with E-state index >= 15 is 0 Å². The van der Waals surface area contributed by atoms with Crippen LogP contribution in [0.1, 0.15) is 40.0 Å². The SMILES string of the molecule is COC(=O)c1cc(C(N)=O)ccc1N1CCCCC1. The Balaban J connectivity index is 2.40. The highest BCUT2D eigenvalue weighted by atomic mass is 16.5. The largest absolute Gasteiger partial charge is 0.465 e. The van der Waals surface area contributed by atoms with Crippen molar-refractivity contribution in [1.29, 1.82) is 0 Å². The van der Waals surface area contributed by atoms with Gasteiger partial charge in [0.25, 0.3) is 0 Å². The summed E-state index contributed by atoms with van der Waals surface area (Å²) in [6, 6.07) is 4.94. The predicted octanol–water partition coefficient (Wildman–Crippen LogP) is 1.56. The number of nitrogens with zero attached hydrogens (tertiary/aromatic N) is 1. The van der Waals surface area contributed by atoms with Crippen molar-refractivity contribution in [2.45, 2.75) is 19.3 Å². The zero-order valence-electron chi connectivity index (χ0n) is 11.0. The molecule has 1 amide bonds. The average molecular weight is 262 g/mol. The Morgan fingerprint density at radius 2 is 1.89 bits per heavy atom. The summed E-state index contributed by atoms with van der Waals surface area (Å²) < 4.78 is 4.78. The highest BCUT2D eigenvalue weighted by Gasteiger charge is 2.20. The van der Waals surface area contributed by atoms with Gasteiger partial charge in [-0.05, 0) is 37.5 Å². The lowest BCUT2D eigenvalue weighted by Crippen LogP contribution is -2.31. The minimum Gasteiger partial charge on any atom is -0.465 e. The standard InChI is InChI=1S/C14H18N2O3/c1-19-14(18)11-9-10(13(15)17)5-6-12(11)16-7-3-2-4-8-16/h5-6,9H,2-4,7-8H2,1H3,(H2,15,17). The van der Waals surface area contributed by atoms with Gasteiger partial charge >= 0.3 is 5.97 Å². The molecule has 0 atom stereocenters. The summed E-state index contributed by atoms with van der Waals surface area (Å²) in [5.74, 6) is -0.987. The molecule has 0 aromatic heterocycles. The number of ether oxygens (including phenoxy) is 1. The Kier molecular flexibility index (Phi) is 4.04. The van der Waals surface area contributed by atoms with Gasteiger partial charge in [-0.2, -0.15) is 0 Å². The number of rotatable bonds is 3. The molecule has 0 spiro atoms. The molecule has 19 heavy (non-hydrogen) atoms. The Morgan fingerprint density at radius 1 is 1.21 bits per heavy atom. The molecule has 5 heteroatoms. The third kappa shape index (κ3) is 2.86. The quantitative estimate of drug-likeness (QED) is 0.839. The van der Waals surface area contributed by atoms with Gasteiger partial charge in [-0.25, -0.2) is 4.79 Å². The molecule has 0 radical (unpaired) electrons. The summed E-state index contributed by atoms with van der Waals surface area (Å²) in [6.07, 6.45) is 3.43. The Morgan fingerprint density at radius 3 is 2.47 bits per heavy atom. The van der Waals surface area contributed by atoms with Crippen LogP contribution in [0, 0.1) is 0 Å². The van der Waals surface area contributed by atoms with Crippen molar-refractivity contribution in [1.82, 2.24) is 0 Å². The maximum Gasteiger partial charge on any atom is 0.339 e. The van der Waals surface area contributed by atoms with Gasteiger partial charge in [0.15, 0.2) is 0 Å². The first kappa shape index (κ1) is 13.4. The molecule has 0 saturated carbocycles. The van der Waals surface area contributed by atoms with E-state index in [1.165, 1.54) is 19.6 Å². The van der Waals surface area contributed by atoms with Crippen LogP contribution in [0.5, 0.6) is 0 Å². The van der Waals surface area contributed by atoms with Gasteiger partial charge in [0, 0.05) is 18.7 Å². The summed E-state index contributed by atoms with van der Waals surface area (Å²) in [5.41, 5.74) is 6.79. The Bertz CT molecular complexity index is 493. The maximum absolute atomic E-state index is 11.9. The number of methoxy groups -OCH3 is 1. The molecular formula is C14H18N2O3. The van der Waals surface area contributed by atoms with Crippen LogP contribution in [-0.4, -0.2) is 32.1 Å². The molecule has 1 aromatic rings. The van der Waals surface area contributed by atoms with Crippen LogP contribution in [0.3, 0.4) is 0 Å². The van der Waals surface area contributed by atoms with Crippen LogP contribution in [0.25, 0.3) is 0 Å². The number of hydrogen-bond acceptors (Lipinski definition) is 4. The van der Waals surface area contributed by atoms with E-state index in [0.717, 1.165) is 31.6 Å². The van der Waals surface area contributed by atoms with Crippen molar-refractivity contribution >= 4 is 17.6 Å². The summed E-state index contributed by atoms with van der Waals surface area (Å²) in [4.78, 5) is 25.2. The van der Waals surface area contributed by atoms with Crippen molar-refractivity contribution < 1.29 is 14.3 Å². The zero-order chi connectivity index (χ0) is 13.8. The van der Waals surface area contributed by atoms with Crippen molar-refractivity contribution in [3.63, 3.8) is 0 Å². The number of nitrogens with two attached hydrogens (primary N) is 1. The third-order valence-electron chi connectivity index (χ3n) is 3.38. The van der Waals surface area contributed by atoms with E-state index in [1.807, 2.05) is 0 Å². The van der Waals surface area contributed by atoms with E-state index in [1.54, 1.807) is 12.1 Å². The van der Waals surface area contributed by atoms with E-state index in [9.17, 15) is 9.59 Å². The normalized spacial score (nSPS) is 15.1. The lowest BCUT2D eigenvalue weighted by molar-refractivity contribution is 0.0601. The fourth-order valence-electron chi connectivity index (χ4n) is 2.37. The lowest BCUT2D eigenvalue weighted by atomic mass is 10.0. The van der Waals surface area contributed by atoms with Crippen molar-refractivity contribution in [3.05, 3.63) is 29.3 Å². The lowest BCUT2D eigenvalue weighted by Gasteiger charge is -2.30. The molecule has 2 N–H and O–H groups in total. The highest BCUT2D eigenvalue weighted by Crippen LogP contribution is 2.26. The summed E-state index contributed by atoms with van der Waals surface area (Å²) in [7, 11) is 1.33. The monoisotopic (exact) mass is 262 g/mol. The van der Waals surface area contributed by atoms with Gasteiger partial charge < -0.3 is 15.4 Å². The smallest absolute Gasteiger partial charge is 0.339 e. The van der Waals surface area contributed by atoms with Crippen LogP contribution >= 0.6 is 0 Å². The number of amides is 1. The number of esters is 1. The molecule has 0 bridgehead atoms. The van der Waals surface area contributed by atoms with Gasteiger partial charge in [-0.1, -0.05) is 0 Å². The van der Waals surface area contributed by atoms with E-state index in [4.69, 9.17) is 10.5 Å². The van der Waals surface area contributed by atoms with Gasteiger partial charge in [-0.3, -0.25) is 4.79 Å². The molecule has 1 saturated heterocycles. The topological polar surface area (TPSA) is 72.6 Å². The minimum absolute atomic E-state index is 0.321. The van der Waals surface area contributed by atoms with Crippen LogP contribution in [-0.2, 0) is 4.74 Å². The molecule has 1 aromatic carbocycles. The average Bonchev–Trinajstić information content (AvgIpc) is 2.46. The number of carbonyl (C=O) groups is 2. The first-order valence-corrected chi connectivity index (χ1v) is 6.40. The maximum atomic E-state index is 11.9. The van der Waals surface area contributed by atoms with Crippen LogP contribution < -0.4 is 10.6 Å². The number of anilines is 1. The summed E-state index contributed by atoms with van der Waals surface area (Å²) >= 11 is 0. The molecule has 1 heterocycles. The second-order valence-electron chi connectivity index (χ2n) is 4.64. The molecule has 1 aliphatic heterocycles.